The van der Waals surface area contributed by atoms with Crippen LogP contribution in [0.15, 0.2) is 42.5 Å². The van der Waals surface area contributed by atoms with Crippen molar-refractivity contribution >= 4 is 23.2 Å². The molecule has 1 saturated heterocycles. The Labute approximate surface area is 154 Å². The van der Waals surface area contributed by atoms with E-state index in [-0.39, 0.29) is 41.9 Å². The zero-order valence-electron chi connectivity index (χ0n) is 14.6. The van der Waals surface area contributed by atoms with Crippen molar-refractivity contribution in [1.82, 2.24) is 5.32 Å². The zero-order valence-corrected chi connectivity index (χ0v) is 14.6. The van der Waals surface area contributed by atoms with Crippen LogP contribution in [0, 0.1) is 28.8 Å². The third-order valence-electron chi connectivity index (χ3n) is 4.64. The Bertz CT molecular complexity index is 898. The molecule has 0 unspecified atom stereocenters. The SMILES string of the molecule is Cc1c(C(=O)NC[C@@H]2CC(=O)N(c3ccc(F)cc3)C2)cccc1[N+](=O)[O-]. The number of nitrogens with one attached hydrogen (secondary N) is 1. The Hall–Kier alpha value is -3.29. The number of nitro benzene ring substituents is 1. The molecule has 0 saturated carbocycles. The second-order valence-corrected chi connectivity index (χ2v) is 6.47. The van der Waals surface area contributed by atoms with Crippen molar-refractivity contribution in [1.29, 1.82) is 0 Å². The lowest BCUT2D eigenvalue weighted by Gasteiger charge is -2.17. The molecule has 1 aliphatic rings. The van der Waals surface area contributed by atoms with E-state index in [0.717, 1.165) is 0 Å². The van der Waals surface area contributed by atoms with Gasteiger partial charge in [0, 0.05) is 48.3 Å². The van der Waals surface area contributed by atoms with Gasteiger partial charge in [-0.25, -0.2) is 4.39 Å². The molecule has 140 valence electrons. The molecular weight excluding hydrogens is 353 g/mol. The van der Waals surface area contributed by atoms with E-state index in [9.17, 15) is 24.1 Å². The lowest BCUT2D eigenvalue weighted by atomic mass is 10.1. The minimum Gasteiger partial charge on any atom is -0.352 e. The van der Waals surface area contributed by atoms with Crippen molar-refractivity contribution in [2.45, 2.75) is 13.3 Å². The fourth-order valence-corrected chi connectivity index (χ4v) is 3.19. The molecule has 0 aromatic heterocycles. The second-order valence-electron chi connectivity index (χ2n) is 6.47. The normalized spacial score (nSPS) is 16.4. The first-order valence-corrected chi connectivity index (χ1v) is 8.45. The molecule has 0 spiro atoms. The summed E-state index contributed by atoms with van der Waals surface area (Å²) in [5.41, 5.74) is 1.05. The number of rotatable bonds is 5. The molecule has 3 rings (SSSR count). The Morgan fingerprint density at radius 1 is 1.30 bits per heavy atom. The minimum absolute atomic E-state index is 0.0904. The van der Waals surface area contributed by atoms with E-state index in [0.29, 0.717) is 17.8 Å². The highest BCUT2D eigenvalue weighted by molar-refractivity contribution is 5.97. The summed E-state index contributed by atoms with van der Waals surface area (Å²) in [6.07, 6.45) is 0.269. The monoisotopic (exact) mass is 371 g/mol. The summed E-state index contributed by atoms with van der Waals surface area (Å²) in [4.78, 5) is 36.6. The van der Waals surface area contributed by atoms with Gasteiger partial charge in [-0.1, -0.05) is 6.07 Å². The van der Waals surface area contributed by atoms with E-state index in [2.05, 4.69) is 5.32 Å². The number of nitro groups is 1. The molecule has 7 nitrogen and oxygen atoms in total. The van der Waals surface area contributed by atoms with Gasteiger partial charge in [0.15, 0.2) is 0 Å². The molecule has 1 N–H and O–H groups in total. The Balaban J connectivity index is 1.63. The Morgan fingerprint density at radius 2 is 2.00 bits per heavy atom. The number of nitrogens with zero attached hydrogens (tertiary/aromatic N) is 2. The van der Waals surface area contributed by atoms with E-state index in [1.807, 2.05) is 0 Å². The number of carbonyl (C=O) groups is 2. The third kappa shape index (κ3) is 3.94. The Kier molecular flexibility index (Phi) is 5.16. The van der Waals surface area contributed by atoms with Crippen molar-refractivity contribution in [2.75, 3.05) is 18.0 Å². The van der Waals surface area contributed by atoms with Gasteiger partial charge in [-0.15, -0.1) is 0 Å². The summed E-state index contributed by atoms with van der Waals surface area (Å²) in [7, 11) is 0. The molecule has 1 heterocycles. The van der Waals surface area contributed by atoms with Gasteiger partial charge in [0.2, 0.25) is 5.91 Å². The van der Waals surface area contributed by atoms with E-state index in [1.54, 1.807) is 17.0 Å². The summed E-state index contributed by atoms with van der Waals surface area (Å²) in [6.45, 7) is 2.21. The van der Waals surface area contributed by atoms with Crippen molar-refractivity contribution in [3.8, 4) is 0 Å². The lowest BCUT2D eigenvalue weighted by Crippen LogP contribution is -2.31. The van der Waals surface area contributed by atoms with Gasteiger partial charge in [0.25, 0.3) is 11.6 Å². The predicted molar refractivity (Wildman–Crippen MR) is 97.0 cm³/mol. The van der Waals surface area contributed by atoms with Crippen LogP contribution in [-0.4, -0.2) is 29.8 Å². The number of hydrogen-bond acceptors (Lipinski definition) is 4. The lowest BCUT2D eigenvalue weighted by molar-refractivity contribution is -0.385. The average molecular weight is 371 g/mol. The molecule has 1 atom stereocenters. The van der Waals surface area contributed by atoms with Gasteiger partial charge in [-0.05, 0) is 37.3 Å². The number of halogens is 1. The first-order chi connectivity index (χ1) is 12.9. The van der Waals surface area contributed by atoms with E-state index in [4.69, 9.17) is 0 Å². The number of hydrogen-bond donors (Lipinski definition) is 1. The fraction of sp³-hybridized carbons (Fsp3) is 0.263. The molecule has 2 aromatic carbocycles. The molecule has 8 heteroatoms. The van der Waals surface area contributed by atoms with Crippen molar-refractivity contribution in [3.63, 3.8) is 0 Å². The summed E-state index contributed by atoms with van der Waals surface area (Å²) in [5.74, 6) is -0.969. The largest absolute Gasteiger partial charge is 0.352 e. The highest BCUT2D eigenvalue weighted by atomic mass is 19.1. The van der Waals surface area contributed by atoms with Crippen LogP contribution in [0.25, 0.3) is 0 Å². The molecule has 0 radical (unpaired) electrons. The Morgan fingerprint density at radius 3 is 2.67 bits per heavy atom. The highest BCUT2D eigenvalue weighted by Crippen LogP contribution is 2.25. The fourth-order valence-electron chi connectivity index (χ4n) is 3.19. The zero-order chi connectivity index (χ0) is 19.6. The average Bonchev–Trinajstić information content (AvgIpc) is 3.01. The number of benzene rings is 2. The van der Waals surface area contributed by atoms with Crippen LogP contribution in [0.3, 0.4) is 0 Å². The van der Waals surface area contributed by atoms with Crippen molar-refractivity contribution in [3.05, 3.63) is 69.5 Å². The van der Waals surface area contributed by atoms with E-state index < -0.39 is 10.8 Å². The quantitative estimate of drug-likeness (QED) is 0.646. The van der Waals surface area contributed by atoms with Crippen LogP contribution in [0.2, 0.25) is 0 Å². The summed E-state index contributed by atoms with van der Waals surface area (Å²) >= 11 is 0. The topological polar surface area (TPSA) is 92.6 Å². The van der Waals surface area contributed by atoms with E-state index in [1.165, 1.54) is 37.3 Å². The van der Waals surface area contributed by atoms with Crippen LogP contribution in [0.5, 0.6) is 0 Å². The maximum atomic E-state index is 13.0. The number of anilines is 1. The first-order valence-electron chi connectivity index (χ1n) is 8.45. The van der Waals surface area contributed by atoms with Crippen LogP contribution in [0.4, 0.5) is 15.8 Å². The maximum absolute atomic E-state index is 13.0. The predicted octanol–water partition coefficient (Wildman–Crippen LogP) is 2.83. The van der Waals surface area contributed by atoms with Gasteiger partial charge in [0.1, 0.15) is 5.82 Å². The third-order valence-corrected chi connectivity index (χ3v) is 4.64. The van der Waals surface area contributed by atoms with Gasteiger partial charge in [0.05, 0.1) is 4.92 Å². The van der Waals surface area contributed by atoms with Gasteiger partial charge in [-0.3, -0.25) is 19.7 Å². The molecule has 0 aliphatic carbocycles. The van der Waals surface area contributed by atoms with Crippen LogP contribution in [0.1, 0.15) is 22.3 Å². The number of amides is 2. The molecule has 1 fully saturated rings. The van der Waals surface area contributed by atoms with Crippen LogP contribution in [-0.2, 0) is 4.79 Å². The van der Waals surface area contributed by atoms with Gasteiger partial charge in [-0.2, -0.15) is 0 Å². The number of carbonyl (C=O) groups excluding carboxylic acids is 2. The van der Waals surface area contributed by atoms with Gasteiger partial charge < -0.3 is 10.2 Å². The van der Waals surface area contributed by atoms with Gasteiger partial charge >= 0.3 is 0 Å². The molecule has 1 aliphatic heterocycles. The smallest absolute Gasteiger partial charge is 0.273 e. The van der Waals surface area contributed by atoms with E-state index >= 15 is 0 Å². The van der Waals surface area contributed by atoms with Crippen LogP contribution >= 0.6 is 0 Å². The molecule has 2 amide bonds. The standard InChI is InChI=1S/C19H18FN3O4/c1-12-16(3-2-4-17(12)23(26)27)19(25)21-10-13-9-18(24)22(11-13)15-7-5-14(20)6-8-15/h2-8,13H,9-11H2,1H3,(H,21,25)/t13-/m0/s1. The summed E-state index contributed by atoms with van der Waals surface area (Å²) in [5, 5.41) is 13.7. The first kappa shape index (κ1) is 18.5. The summed E-state index contributed by atoms with van der Waals surface area (Å²) in [6, 6.07) is 10.0. The van der Waals surface area contributed by atoms with Crippen molar-refractivity contribution in [2.24, 2.45) is 5.92 Å². The minimum atomic E-state index is -0.525. The van der Waals surface area contributed by atoms with Crippen molar-refractivity contribution < 1.29 is 18.9 Å². The van der Waals surface area contributed by atoms with Crippen LogP contribution < -0.4 is 10.2 Å². The molecule has 27 heavy (non-hydrogen) atoms. The highest BCUT2D eigenvalue weighted by Gasteiger charge is 2.31. The molecule has 0 bridgehead atoms. The second kappa shape index (κ2) is 7.53. The molecule has 2 aromatic rings. The maximum Gasteiger partial charge on any atom is 0.273 e. The molecular formula is C19H18FN3O4. The summed E-state index contributed by atoms with van der Waals surface area (Å²) < 4.78 is 13.0.